The molecule has 0 saturated heterocycles. The van der Waals surface area contributed by atoms with Crippen molar-refractivity contribution in [2.45, 2.75) is 19.9 Å². The topological polar surface area (TPSA) is 114 Å². The Kier molecular flexibility index (Phi) is 7.12. The Morgan fingerprint density at radius 3 is 2.72 bits per heavy atom. The number of anilines is 1. The minimum absolute atomic E-state index is 0.388. The van der Waals surface area contributed by atoms with E-state index in [9.17, 15) is 4.79 Å². The van der Waals surface area contributed by atoms with Crippen LogP contribution in [-0.4, -0.2) is 50.7 Å². The van der Waals surface area contributed by atoms with Crippen molar-refractivity contribution in [2.75, 3.05) is 31.0 Å². The van der Waals surface area contributed by atoms with Gasteiger partial charge in [0.15, 0.2) is 11.5 Å². The number of carbonyl (C=O) groups excluding carboxylic acids is 1. The van der Waals surface area contributed by atoms with Gasteiger partial charge in [0, 0.05) is 37.4 Å². The Hall–Kier alpha value is -3.01. The highest BCUT2D eigenvalue weighted by molar-refractivity contribution is 7.99. The van der Waals surface area contributed by atoms with Gasteiger partial charge in [-0.1, -0.05) is 0 Å². The number of nitrogens with two attached hydrogens (primary N) is 1. The molecule has 0 spiro atoms. The molecular formula is C19H23N5O4S. The molecule has 3 aromatic rings. The Morgan fingerprint density at radius 1 is 1.14 bits per heavy atom. The fraction of sp³-hybridized carbons (Fsp3) is 0.368. The van der Waals surface area contributed by atoms with Crippen LogP contribution in [0.25, 0.3) is 11.2 Å². The summed E-state index contributed by atoms with van der Waals surface area (Å²) in [5.41, 5.74) is 7.19. The third-order valence-corrected chi connectivity index (χ3v) is 5.01. The van der Waals surface area contributed by atoms with Crippen LogP contribution in [0.15, 0.2) is 30.9 Å². The molecule has 154 valence electrons. The second kappa shape index (κ2) is 9.97. The second-order valence-electron chi connectivity index (χ2n) is 6.12. The molecule has 0 aliphatic rings. The predicted molar refractivity (Wildman–Crippen MR) is 111 cm³/mol. The monoisotopic (exact) mass is 417 g/mol. The Labute approximate surface area is 172 Å². The first-order valence-electron chi connectivity index (χ1n) is 9.06. The lowest BCUT2D eigenvalue weighted by atomic mass is 10.3. The zero-order valence-electron chi connectivity index (χ0n) is 16.3. The van der Waals surface area contributed by atoms with Gasteiger partial charge in [-0.15, -0.1) is 0 Å². The normalized spacial score (nSPS) is 10.8. The molecule has 29 heavy (non-hydrogen) atoms. The van der Waals surface area contributed by atoms with E-state index >= 15 is 0 Å². The van der Waals surface area contributed by atoms with Crippen molar-refractivity contribution in [2.24, 2.45) is 0 Å². The lowest BCUT2D eigenvalue weighted by molar-refractivity contribution is -0.131. The number of fused-ring (bicyclic) bond motifs is 1. The van der Waals surface area contributed by atoms with E-state index in [4.69, 9.17) is 19.9 Å². The van der Waals surface area contributed by atoms with E-state index in [-0.39, 0.29) is 5.97 Å². The van der Waals surface area contributed by atoms with Crippen LogP contribution in [-0.2, 0) is 11.3 Å². The van der Waals surface area contributed by atoms with Crippen molar-refractivity contribution in [3.63, 3.8) is 0 Å². The van der Waals surface area contributed by atoms with E-state index < -0.39 is 0 Å². The number of nitrogen functional groups attached to an aromatic ring is 1. The summed E-state index contributed by atoms with van der Waals surface area (Å²) in [4.78, 5) is 23.6. The van der Waals surface area contributed by atoms with E-state index in [1.807, 2.05) is 16.3 Å². The van der Waals surface area contributed by atoms with Crippen LogP contribution in [0.2, 0.25) is 0 Å². The molecule has 0 aliphatic heterocycles. The maximum absolute atomic E-state index is 11.1. The van der Waals surface area contributed by atoms with Crippen molar-refractivity contribution in [3.8, 4) is 17.2 Å². The van der Waals surface area contributed by atoms with Crippen molar-refractivity contribution in [1.82, 2.24) is 19.5 Å². The summed E-state index contributed by atoms with van der Waals surface area (Å²) in [6.45, 7) is 2.70. The maximum Gasteiger partial charge on any atom is 0.308 e. The van der Waals surface area contributed by atoms with Gasteiger partial charge in [0.1, 0.15) is 29.1 Å². The SMILES string of the molecule is COc1cc(OCCCSCCn2cnc3c(N)ncnc32)cc(OC(C)=O)c1. The molecule has 0 unspecified atom stereocenters. The average Bonchev–Trinajstić information content (AvgIpc) is 3.11. The number of imidazole rings is 1. The number of ether oxygens (including phenoxy) is 3. The van der Waals surface area contributed by atoms with E-state index in [2.05, 4.69) is 15.0 Å². The zero-order chi connectivity index (χ0) is 20.6. The van der Waals surface area contributed by atoms with Crippen molar-refractivity contribution < 1.29 is 19.0 Å². The molecule has 0 bridgehead atoms. The smallest absolute Gasteiger partial charge is 0.308 e. The zero-order valence-corrected chi connectivity index (χ0v) is 17.1. The number of methoxy groups -OCH3 is 1. The molecule has 0 saturated carbocycles. The molecule has 0 amide bonds. The molecule has 0 aliphatic carbocycles. The van der Waals surface area contributed by atoms with Crippen LogP contribution in [0, 0.1) is 0 Å². The van der Waals surface area contributed by atoms with E-state index in [0.29, 0.717) is 35.2 Å². The molecule has 2 heterocycles. The Morgan fingerprint density at radius 2 is 1.93 bits per heavy atom. The lowest BCUT2D eigenvalue weighted by Gasteiger charge is -2.10. The minimum atomic E-state index is -0.388. The number of rotatable bonds is 10. The maximum atomic E-state index is 11.1. The standard InChI is InChI=1S/C19H23N5O4S/c1-13(25)28-16-9-14(26-2)8-15(10-16)27-5-3-6-29-7-4-24-12-23-17-18(20)21-11-22-19(17)24/h8-12H,3-7H2,1-2H3,(H2,20,21,22). The number of benzene rings is 1. The molecule has 3 rings (SSSR count). The summed E-state index contributed by atoms with van der Waals surface area (Å²) in [5.74, 6) is 3.46. The van der Waals surface area contributed by atoms with Crippen molar-refractivity contribution >= 4 is 34.7 Å². The van der Waals surface area contributed by atoms with Crippen LogP contribution >= 0.6 is 11.8 Å². The summed E-state index contributed by atoms with van der Waals surface area (Å²) in [6.07, 6.45) is 4.07. The molecule has 10 heteroatoms. The number of thioether (sulfide) groups is 1. The summed E-state index contributed by atoms with van der Waals surface area (Å²) >= 11 is 1.82. The van der Waals surface area contributed by atoms with Crippen molar-refractivity contribution in [3.05, 3.63) is 30.9 Å². The number of hydrogen-bond donors (Lipinski definition) is 1. The fourth-order valence-electron chi connectivity index (χ4n) is 2.65. The fourth-order valence-corrected chi connectivity index (χ4v) is 3.50. The quantitative estimate of drug-likeness (QED) is 0.302. The van der Waals surface area contributed by atoms with Gasteiger partial charge in [-0.3, -0.25) is 4.79 Å². The first kappa shape index (κ1) is 20.7. The van der Waals surface area contributed by atoms with Crippen LogP contribution in [0.3, 0.4) is 0 Å². The van der Waals surface area contributed by atoms with Gasteiger partial charge in [-0.25, -0.2) is 15.0 Å². The van der Waals surface area contributed by atoms with Gasteiger partial charge in [0.2, 0.25) is 0 Å². The van der Waals surface area contributed by atoms with Gasteiger partial charge in [-0.05, 0) is 12.2 Å². The minimum Gasteiger partial charge on any atom is -0.496 e. The average molecular weight is 417 g/mol. The number of carbonyl (C=O) groups is 1. The molecule has 0 radical (unpaired) electrons. The lowest BCUT2D eigenvalue weighted by Crippen LogP contribution is -2.04. The molecule has 2 N–H and O–H groups in total. The molecule has 0 fully saturated rings. The van der Waals surface area contributed by atoms with Gasteiger partial charge >= 0.3 is 5.97 Å². The number of aryl methyl sites for hydroxylation is 1. The van der Waals surface area contributed by atoms with E-state index in [1.54, 1.807) is 31.6 Å². The van der Waals surface area contributed by atoms with Gasteiger partial charge in [-0.2, -0.15) is 11.8 Å². The number of esters is 1. The summed E-state index contributed by atoms with van der Waals surface area (Å²) in [6, 6.07) is 5.08. The first-order chi connectivity index (χ1) is 14.1. The highest BCUT2D eigenvalue weighted by atomic mass is 32.2. The number of hydrogen-bond acceptors (Lipinski definition) is 9. The second-order valence-corrected chi connectivity index (χ2v) is 7.35. The van der Waals surface area contributed by atoms with Crippen LogP contribution in [0.1, 0.15) is 13.3 Å². The summed E-state index contributed by atoms with van der Waals surface area (Å²) in [7, 11) is 1.55. The highest BCUT2D eigenvalue weighted by Crippen LogP contribution is 2.28. The van der Waals surface area contributed by atoms with Crippen LogP contribution in [0.5, 0.6) is 17.2 Å². The number of nitrogens with zero attached hydrogens (tertiary/aromatic N) is 4. The highest BCUT2D eigenvalue weighted by Gasteiger charge is 2.08. The Balaban J connectivity index is 1.40. The molecule has 9 nitrogen and oxygen atoms in total. The van der Waals surface area contributed by atoms with Crippen LogP contribution in [0.4, 0.5) is 5.82 Å². The predicted octanol–water partition coefficient (Wildman–Crippen LogP) is 2.54. The van der Waals surface area contributed by atoms with Gasteiger partial charge < -0.3 is 24.5 Å². The third kappa shape index (κ3) is 5.74. The molecule has 2 aromatic heterocycles. The largest absolute Gasteiger partial charge is 0.496 e. The Bertz CT molecular complexity index is 978. The van der Waals surface area contributed by atoms with Gasteiger partial charge in [0.25, 0.3) is 0 Å². The number of aromatic nitrogens is 4. The third-order valence-electron chi connectivity index (χ3n) is 3.96. The first-order valence-corrected chi connectivity index (χ1v) is 10.2. The van der Waals surface area contributed by atoms with Crippen molar-refractivity contribution in [1.29, 1.82) is 0 Å². The van der Waals surface area contributed by atoms with Gasteiger partial charge in [0.05, 0.1) is 20.0 Å². The molecule has 0 atom stereocenters. The summed E-state index contributed by atoms with van der Waals surface area (Å²) in [5, 5.41) is 0. The van der Waals surface area contributed by atoms with E-state index in [0.717, 1.165) is 30.1 Å². The van der Waals surface area contributed by atoms with E-state index in [1.165, 1.54) is 13.3 Å². The van der Waals surface area contributed by atoms with Crippen LogP contribution < -0.4 is 19.9 Å². The molecular weight excluding hydrogens is 394 g/mol. The molecule has 1 aromatic carbocycles. The summed E-state index contributed by atoms with van der Waals surface area (Å²) < 4.78 is 18.1.